The third-order valence-electron chi connectivity index (χ3n) is 5.87. The molecule has 10 nitrogen and oxygen atoms in total. The van der Waals surface area contributed by atoms with Crippen molar-refractivity contribution in [2.75, 3.05) is 0 Å². The number of aromatic amines is 2. The summed E-state index contributed by atoms with van der Waals surface area (Å²) in [5.41, 5.74) is 3.19. The minimum absolute atomic E-state index is 0. The summed E-state index contributed by atoms with van der Waals surface area (Å²) < 4.78 is 0. The molecule has 0 saturated carbocycles. The van der Waals surface area contributed by atoms with Crippen LogP contribution in [0.2, 0.25) is 0 Å². The summed E-state index contributed by atoms with van der Waals surface area (Å²) in [5.74, 6) is -0.318. The normalized spacial score (nSPS) is 16.4. The summed E-state index contributed by atoms with van der Waals surface area (Å²) in [6.45, 7) is 0. The first-order valence-corrected chi connectivity index (χ1v) is 12.1. The van der Waals surface area contributed by atoms with E-state index in [-0.39, 0.29) is 40.4 Å². The molecule has 41 heavy (non-hydrogen) atoms. The first kappa shape index (κ1) is 28.6. The third kappa shape index (κ3) is 6.62. The molecule has 0 unspecified atom stereocenters. The maximum absolute atomic E-state index is 11.5. The Morgan fingerprint density at radius 2 is 0.976 bits per heavy atom. The molecule has 4 aromatic rings. The average Bonchev–Trinajstić information content (AvgIpc) is 3.46. The summed E-state index contributed by atoms with van der Waals surface area (Å²) in [5, 5.41) is 36.9. The Kier molecular flexibility index (Phi) is 9.16. The molecule has 204 valence electrons. The van der Waals surface area contributed by atoms with Crippen molar-refractivity contribution in [2.45, 2.75) is 0 Å². The van der Waals surface area contributed by atoms with E-state index < -0.39 is 0 Å². The number of aromatic nitrogens is 2. The molecular formula is C30H22FeN6O4. The number of nitrogens with zero attached hydrogens (tertiary/aromatic N) is 4. The van der Waals surface area contributed by atoms with Gasteiger partial charge in [0.25, 0.3) is 0 Å². The number of carbonyl (C=O) groups is 2. The van der Waals surface area contributed by atoms with Gasteiger partial charge in [0.15, 0.2) is 22.9 Å². The quantitative estimate of drug-likeness (QED) is 0.115. The second kappa shape index (κ2) is 13.1. The summed E-state index contributed by atoms with van der Waals surface area (Å²) in [6, 6.07) is 14.8. The van der Waals surface area contributed by atoms with Gasteiger partial charge in [-0.25, -0.2) is 0 Å². The van der Waals surface area contributed by atoms with E-state index in [1.807, 2.05) is 48.5 Å². The van der Waals surface area contributed by atoms with Gasteiger partial charge in [0.05, 0.1) is 23.4 Å². The van der Waals surface area contributed by atoms with Crippen LogP contribution >= 0.6 is 0 Å². The number of aromatic hydroxyl groups is 2. The second-order valence-corrected chi connectivity index (χ2v) is 8.50. The fraction of sp³-hybridized carbons (Fsp3) is 0. The van der Waals surface area contributed by atoms with Crippen molar-refractivity contribution < 1.29 is 36.9 Å². The number of ketones is 2. The molecule has 0 fully saturated rings. The Hall–Kier alpha value is -5.38. The zero-order valence-electron chi connectivity index (χ0n) is 21.2. The molecule has 2 aromatic heterocycles. The summed E-state index contributed by atoms with van der Waals surface area (Å²) in [6.07, 6.45) is 15.9. The Bertz CT molecular complexity index is 1730. The zero-order chi connectivity index (χ0) is 27.9. The first-order chi connectivity index (χ1) is 19.5. The molecule has 4 N–H and O–H groups in total. The molecule has 0 saturated heterocycles. The summed E-state index contributed by atoms with van der Waals surface area (Å²) in [7, 11) is 0. The monoisotopic (exact) mass is 586 g/mol. The van der Waals surface area contributed by atoms with Gasteiger partial charge in [-0.3, -0.25) is 9.59 Å². The molecule has 11 heteroatoms. The van der Waals surface area contributed by atoms with E-state index in [0.717, 1.165) is 21.8 Å². The van der Waals surface area contributed by atoms with Crippen LogP contribution in [0.25, 0.3) is 21.8 Å². The Labute approximate surface area is 244 Å². The standard InChI is InChI=1S/2C15H11N3O2.Fe/c2*19-13-8-4-1-5-10(13)9-16-18-14-11-6-2-3-7-12(11)17-15(14)20;/h2*1-9,17,20H;/b10-9+,18-16?;10-9-,18-16?;. The van der Waals surface area contributed by atoms with Gasteiger partial charge in [-0.1, -0.05) is 60.7 Å². The number of fused-ring (bicyclic) bond motifs is 2. The average molecular weight is 586 g/mol. The van der Waals surface area contributed by atoms with Crippen molar-refractivity contribution in [3.05, 3.63) is 121 Å². The van der Waals surface area contributed by atoms with Crippen LogP contribution in [0, 0.1) is 0 Å². The maximum atomic E-state index is 11.5. The van der Waals surface area contributed by atoms with Gasteiger partial charge in [0.2, 0.25) is 11.8 Å². The van der Waals surface area contributed by atoms with Crippen molar-refractivity contribution in [1.29, 1.82) is 0 Å². The van der Waals surface area contributed by atoms with E-state index in [9.17, 15) is 19.8 Å². The van der Waals surface area contributed by atoms with Crippen LogP contribution in [0.15, 0.2) is 141 Å². The molecular weight excluding hydrogens is 564 g/mol. The molecule has 2 aliphatic rings. The van der Waals surface area contributed by atoms with Crippen LogP contribution in [0.1, 0.15) is 0 Å². The molecule has 2 aliphatic carbocycles. The zero-order valence-corrected chi connectivity index (χ0v) is 22.3. The number of hydrogen-bond acceptors (Lipinski definition) is 8. The predicted molar refractivity (Wildman–Crippen MR) is 152 cm³/mol. The third-order valence-corrected chi connectivity index (χ3v) is 5.87. The van der Waals surface area contributed by atoms with Crippen LogP contribution in [0.5, 0.6) is 11.8 Å². The number of hydrogen-bond donors (Lipinski definition) is 4. The van der Waals surface area contributed by atoms with Gasteiger partial charge >= 0.3 is 0 Å². The molecule has 0 amide bonds. The van der Waals surface area contributed by atoms with Crippen LogP contribution < -0.4 is 0 Å². The molecule has 0 bridgehead atoms. The summed E-state index contributed by atoms with van der Waals surface area (Å²) >= 11 is 0. The van der Waals surface area contributed by atoms with Crippen molar-refractivity contribution >= 4 is 44.7 Å². The van der Waals surface area contributed by atoms with E-state index in [0.29, 0.717) is 22.5 Å². The number of nitrogens with one attached hydrogen (secondary N) is 2. The molecule has 0 atom stereocenters. The SMILES string of the molecule is O=C1C=CC=C/C1=C/N=Nc1c(O)[nH]c2ccccc12.O=C1C=CC=C/C1=C\N=Nc1c(O)[nH]c2ccccc12.[Fe]. The Balaban J connectivity index is 0.000000184. The van der Waals surface area contributed by atoms with Gasteiger partial charge in [0, 0.05) is 39.0 Å². The van der Waals surface area contributed by atoms with Gasteiger partial charge in [-0.05, 0) is 36.4 Å². The summed E-state index contributed by atoms with van der Waals surface area (Å²) in [4.78, 5) is 28.6. The van der Waals surface area contributed by atoms with Crippen LogP contribution in [-0.2, 0) is 26.7 Å². The topological polar surface area (TPSA) is 156 Å². The van der Waals surface area contributed by atoms with Crippen molar-refractivity contribution in [3.63, 3.8) is 0 Å². The van der Waals surface area contributed by atoms with Gasteiger partial charge in [-0.15, -0.1) is 10.2 Å². The fourth-order valence-corrected chi connectivity index (χ4v) is 3.90. The van der Waals surface area contributed by atoms with Crippen LogP contribution in [0.4, 0.5) is 11.4 Å². The van der Waals surface area contributed by atoms with Crippen molar-refractivity contribution in [2.24, 2.45) is 20.5 Å². The maximum Gasteiger partial charge on any atom is 0.218 e. The number of allylic oxidation sites excluding steroid dienone is 10. The molecule has 0 radical (unpaired) electrons. The number of para-hydroxylation sites is 2. The van der Waals surface area contributed by atoms with Gasteiger partial charge < -0.3 is 20.2 Å². The number of rotatable bonds is 4. The number of carbonyl (C=O) groups excluding carboxylic acids is 2. The minimum atomic E-state index is -0.116. The van der Waals surface area contributed by atoms with E-state index in [1.165, 1.54) is 24.6 Å². The molecule has 0 spiro atoms. The van der Waals surface area contributed by atoms with Crippen LogP contribution in [0.3, 0.4) is 0 Å². The van der Waals surface area contributed by atoms with Crippen molar-refractivity contribution in [3.8, 4) is 11.8 Å². The second-order valence-electron chi connectivity index (χ2n) is 8.50. The Morgan fingerprint density at radius 1 is 0.585 bits per heavy atom. The van der Waals surface area contributed by atoms with E-state index in [4.69, 9.17) is 0 Å². The van der Waals surface area contributed by atoms with E-state index in [2.05, 4.69) is 30.4 Å². The fourth-order valence-electron chi connectivity index (χ4n) is 3.90. The molecule has 2 heterocycles. The molecule has 0 aliphatic heterocycles. The van der Waals surface area contributed by atoms with Gasteiger partial charge in [-0.2, -0.15) is 10.2 Å². The van der Waals surface area contributed by atoms with Gasteiger partial charge in [0.1, 0.15) is 0 Å². The van der Waals surface area contributed by atoms with Crippen LogP contribution in [-0.4, -0.2) is 31.7 Å². The smallest absolute Gasteiger partial charge is 0.218 e. The number of azo groups is 2. The first-order valence-electron chi connectivity index (χ1n) is 12.1. The van der Waals surface area contributed by atoms with E-state index in [1.54, 1.807) is 36.5 Å². The predicted octanol–water partition coefficient (Wildman–Crippen LogP) is 7.07. The molecule has 6 rings (SSSR count). The minimum Gasteiger partial charge on any atom is -0.493 e. The Morgan fingerprint density at radius 3 is 1.39 bits per heavy atom. The van der Waals surface area contributed by atoms with Crippen molar-refractivity contribution in [1.82, 2.24) is 9.97 Å². The van der Waals surface area contributed by atoms with E-state index >= 15 is 0 Å². The largest absolute Gasteiger partial charge is 0.493 e. The molecule has 2 aromatic carbocycles. The number of H-pyrrole nitrogens is 2. The number of benzene rings is 2.